The SMILES string of the molecule is Cc1ccc(Oc2ccc(Nc3nc(C)nc(N4CCN(CCO)CC4)n3)cn2)cc1. The third-order valence-corrected chi connectivity index (χ3v) is 5.04. The maximum atomic E-state index is 9.11. The lowest BCUT2D eigenvalue weighted by Gasteiger charge is -2.34. The van der Waals surface area contributed by atoms with E-state index in [1.165, 1.54) is 5.56 Å². The Morgan fingerprint density at radius 3 is 2.42 bits per heavy atom. The summed E-state index contributed by atoms with van der Waals surface area (Å²) in [4.78, 5) is 22.2. The molecule has 4 rings (SSSR count). The Balaban J connectivity index is 1.40. The molecule has 162 valence electrons. The first-order valence-corrected chi connectivity index (χ1v) is 10.4. The summed E-state index contributed by atoms with van der Waals surface area (Å²) >= 11 is 0. The predicted octanol–water partition coefficient (Wildman–Crippen LogP) is 2.53. The Hall–Kier alpha value is -3.30. The third-order valence-electron chi connectivity index (χ3n) is 5.04. The quantitative estimate of drug-likeness (QED) is 0.596. The summed E-state index contributed by atoms with van der Waals surface area (Å²) in [5.41, 5.74) is 1.94. The molecule has 2 aromatic heterocycles. The molecule has 0 unspecified atom stereocenters. The zero-order valence-electron chi connectivity index (χ0n) is 17.8. The maximum Gasteiger partial charge on any atom is 0.232 e. The third kappa shape index (κ3) is 5.65. The van der Waals surface area contributed by atoms with E-state index < -0.39 is 0 Å². The normalized spacial score (nSPS) is 14.5. The summed E-state index contributed by atoms with van der Waals surface area (Å²) in [6.45, 7) is 8.16. The lowest BCUT2D eigenvalue weighted by Crippen LogP contribution is -2.47. The Morgan fingerprint density at radius 2 is 1.74 bits per heavy atom. The highest BCUT2D eigenvalue weighted by molar-refractivity contribution is 5.53. The molecule has 1 fully saturated rings. The molecule has 9 heteroatoms. The van der Waals surface area contributed by atoms with Crippen LogP contribution in [0.4, 0.5) is 17.6 Å². The zero-order valence-corrected chi connectivity index (χ0v) is 17.8. The molecular formula is C22H27N7O2. The largest absolute Gasteiger partial charge is 0.439 e. The van der Waals surface area contributed by atoms with E-state index in [0.717, 1.165) is 37.6 Å². The molecule has 1 aliphatic rings. The van der Waals surface area contributed by atoms with Gasteiger partial charge >= 0.3 is 0 Å². The first-order valence-electron chi connectivity index (χ1n) is 10.4. The van der Waals surface area contributed by atoms with Crippen molar-refractivity contribution in [2.24, 2.45) is 0 Å². The molecule has 3 heterocycles. The van der Waals surface area contributed by atoms with E-state index in [1.807, 2.05) is 44.2 Å². The van der Waals surface area contributed by atoms with Crippen molar-refractivity contribution in [1.82, 2.24) is 24.8 Å². The number of aliphatic hydroxyl groups is 1. The smallest absolute Gasteiger partial charge is 0.232 e. The van der Waals surface area contributed by atoms with Gasteiger partial charge in [0.1, 0.15) is 11.6 Å². The van der Waals surface area contributed by atoms with Crippen molar-refractivity contribution >= 4 is 17.6 Å². The van der Waals surface area contributed by atoms with Crippen LogP contribution >= 0.6 is 0 Å². The first kappa shape index (κ1) is 21.0. The van der Waals surface area contributed by atoms with Gasteiger partial charge in [0.25, 0.3) is 0 Å². The molecular weight excluding hydrogens is 394 g/mol. The highest BCUT2D eigenvalue weighted by Gasteiger charge is 2.19. The summed E-state index contributed by atoms with van der Waals surface area (Å²) in [5.74, 6) is 3.05. The molecule has 1 saturated heterocycles. The number of pyridine rings is 1. The van der Waals surface area contributed by atoms with Gasteiger partial charge in [-0.15, -0.1) is 0 Å². The average molecular weight is 422 g/mol. The summed E-state index contributed by atoms with van der Waals surface area (Å²) in [5, 5.41) is 12.3. The van der Waals surface area contributed by atoms with Crippen LogP contribution in [-0.2, 0) is 0 Å². The fourth-order valence-electron chi connectivity index (χ4n) is 3.35. The molecule has 1 aromatic carbocycles. The number of β-amino-alcohol motifs (C(OH)–C–C–N with tert-alkyl or cyclic N) is 1. The van der Waals surface area contributed by atoms with E-state index in [2.05, 4.69) is 35.1 Å². The summed E-state index contributed by atoms with van der Waals surface area (Å²) in [6, 6.07) is 11.5. The van der Waals surface area contributed by atoms with Crippen molar-refractivity contribution in [2.45, 2.75) is 13.8 Å². The molecule has 1 aliphatic heterocycles. The van der Waals surface area contributed by atoms with E-state index >= 15 is 0 Å². The second-order valence-corrected chi connectivity index (χ2v) is 7.48. The molecule has 0 saturated carbocycles. The second kappa shape index (κ2) is 9.67. The predicted molar refractivity (Wildman–Crippen MR) is 119 cm³/mol. The van der Waals surface area contributed by atoms with E-state index in [9.17, 15) is 0 Å². The van der Waals surface area contributed by atoms with Crippen LogP contribution in [0.1, 0.15) is 11.4 Å². The van der Waals surface area contributed by atoms with Crippen molar-refractivity contribution in [2.75, 3.05) is 49.5 Å². The van der Waals surface area contributed by atoms with Gasteiger partial charge in [-0.05, 0) is 32.0 Å². The van der Waals surface area contributed by atoms with Crippen molar-refractivity contribution in [3.05, 3.63) is 54.0 Å². The van der Waals surface area contributed by atoms with Crippen molar-refractivity contribution in [1.29, 1.82) is 0 Å². The number of anilines is 3. The summed E-state index contributed by atoms with van der Waals surface area (Å²) < 4.78 is 5.78. The summed E-state index contributed by atoms with van der Waals surface area (Å²) in [6.07, 6.45) is 1.69. The van der Waals surface area contributed by atoms with Crippen molar-refractivity contribution < 1.29 is 9.84 Å². The minimum Gasteiger partial charge on any atom is -0.439 e. The Labute approximate surface area is 181 Å². The van der Waals surface area contributed by atoms with Crippen LogP contribution in [0.3, 0.4) is 0 Å². The highest BCUT2D eigenvalue weighted by Crippen LogP contribution is 2.22. The minimum atomic E-state index is 0.182. The number of aromatic nitrogens is 4. The van der Waals surface area contributed by atoms with Gasteiger partial charge in [0.15, 0.2) is 0 Å². The van der Waals surface area contributed by atoms with Gasteiger partial charge in [-0.2, -0.15) is 15.0 Å². The van der Waals surface area contributed by atoms with E-state index in [0.29, 0.717) is 30.1 Å². The number of benzene rings is 1. The van der Waals surface area contributed by atoms with Crippen LogP contribution < -0.4 is 15.0 Å². The fourth-order valence-corrected chi connectivity index (χ4v) is 3.35. The van der Waals surface area contributed by atoms with Gasteiger partial charge in [0.05, 0.1) is 18.5 Å². The number of nitrogens with zero attached hydrogens (tertiary/aromatic N) is 6. The Bertz CT molecular complexity index is 988. The first-order chi connectivity index (χ1) is 15.1. The number of ether oxygens (including phenoxy) is 1. The standard InChI is InChI=1S/C22H27N7O2/c1-16-3-6-19(7-4-16)31-20-8-5-18(15-23-20)26-21-24-17(2)25-22(27-21)29-11-9-28(10-12-29)13-14-30/h3-8,15,30H,9-14H2,1-2H3,(H,24,25,26,27). The van der Waals surface area contributed by atoms with Crippen molar-refractivity contribution in [3.8, 4) is 11.6 Å². The van der Waals surface area contributed by atoms with Gasteiger partial charge < -0.3 is 20.1 Å². The van der Waals surface area contributed by atoms with Crippen LogP contribution in [0.2, 0.25) is 0 Å². The second-order valence-electron chi connectivity index (χ2n) is 7.48. The number of rotatable bonds is 7. The molecule has 0 radical (unpaired) electrons. The molecule has 0 aliphatic carbocycles. The molecule has 2 N–H and O–H groups in total. The zero-order chi connectivity index (χ0) is 21.6. The number of piperazine rings is 1. The number of hydrogen-bond acceptors (Lipinski definition) is 9. The number of nitrogens with one attached hydrogen (secondary N) is 1. The van der Waals surface area contributed by atoms with E-state index in [-0.39, 0.29) is 6.61 Å². The number of aliphatic hydroxyl groups excluding tert-OH is 1. The van der Waals surface area contributed by atoms with Crippen molar-refractivity contribution in [3.63, 3.8) is 0 Å². The van der Waals surface area contributed by atoms with E-state index in [4.69, 9.17) is 9.84 Å². The molecule has 3 aromatic rings. The minimum absolute atomic E-state index is 0.182. The number of hydrogen-bond donors (Lipinski definition) is 2. The van der Waals surface area contributed by atoms with E-state index in [1.54, 1.807) is 12.3 Å². The van der Waals surface area contributed by atoms with Crippen LogP contribution in [0.25, 0.3) is 0 Å². The summed E-state index contributed by atoms with van der Waals surface area (Å²) in [7, 11) is 0. The lowest BCUT2D eigenvalue weighted by molar-refractivity contribution is 0.188. The van der Waals surface area contributed by atoms with Crippen LogP contribution in [0.15, 0.2) is 42.6 Å². The Morgan fingerprint density at radius 1 is 0.968 bits per heavy atom. The lowest BCUT2D eigenvalue weighted by atomic mass is 10.2. The molecule has 9 nitrogen and oxygen atoms in total. The Kier molecular flexibility index (Phi) is 6.54. The molecule has 0 bridgehead atoms. The topological polar surface area (TPSA) is 99.5 Å². The molecule has 0 atom stereocenters. The molecule has 0 amide bonds. The maximum absolute atomic E-state index is 9.11. The van der Waals surface area contributed by atoms with Crippen LogP contribution in [-0.4, -0.2) is 69.3 Å². The van der Waals surface area contributed by atoms with Crippen LogP contribution in [0.5, 0.6) is 11.6 Å². The monoisotopic (exact) mass is 421 g/mol. The number of aryl methyl sites for hydroxylation is 2. The van der Waals surface area contributed by atoms with Gasteiger partial charge in [0, 0.05) is 38.8 Å². The molecule has 0 spiro atoms. The van der Waals surface area contributed by atoms with Crippen LogP contribution in [0, 0.1) is 13.8 Å². The van der Waals surface area contributed by atoms with Gasteiger partial charge in [-0.1, -0.05) is 17.7 Å². The average Bonchev–Trinajstić information content (AvgIpc) is 2.77. The fraction of sp³-hybridized carbons (Fsp3) is 0.364. The highest BCUT2D eigenvalue weighted by atomic mass is 16.5. The van der Waals surface area contributed by atoms with Gasteiger partial charge in [-0.25, -0.2) is 4.98 Å². The van der Waals surface area contributed by atoms with Gasteiger partial charge in [-0.3, -0.25) is 4.90 Å². The molecule has 31 heavy (non-hydrogen) atoms. The van der Waals surface area contributed by atoms with Gasteiger partial charge in [0.2, 0.25) is 17.8 Å².